The van der Waals surface area contributed by atoms with Crippen LogP contribution in [-0.2, 0) is 0 Å². The van der Waals surface area contributed by atoms with Gasteiger partial charge in [0, 0.05) is 16.3 Å². The summed E-state index contributed by atoms with van der Waals surface area (Å²) in [5.41, 5.74) is 1.50. The van der Waals surface area contributed by atoms with E-state index in [0.717, 1.165) is 5.56 Å². The number of hydrogen-bond donors (Lipinski definition) is 2. The van der Waals surface area contributed by atoms with E-state index in [4.69, 9.17) is 21.1 Å². The minimum Gasteiger partial charge on any atom is -0.497 e. The third kappa shape index (κ3) is 4.53. The van der Waals surface area contributed by atoms with Crippen LogP contribution in [-0.4, -0.2) is 20.3 Å². The molecule has 2 aromatic rings. The summed E-state index contributed by atoms with van der Waals surface area (Å²) in [7, 11) is 3.18. The lowest BCUT2D eigenvalue weighted by Gasteiger charge is -2.18. The number of halogens is 1. The number of anilines is 1. The Balaban J connectivity index is 2.07. The highest BCUT2D eigenvalue weighted by Gasteiger charge is 2.15. The molecule has 2 rings (SSSR count). The molecule has 122 valence electrons. The maximum absolute atomic E-state index is 12.1. The van der Waals surface area contributed by atoms with Gasteiger partial charge in [-0.2, -0.15) is 0 Å². The summed E-state index contributed by atoms with van der Waals surface area (Å²) in [5, 5.41) is 6.24. The Morgan fingerprint density at radius 1 is 1.09 bits per heavy atom. The summed E-state index contributed by atoms with van der Waals surface area (Å²) in [6, 6.07) is 11.8. The fourth-order valence-corrected chi connectivity index (χ4v) is 2.28. The second-order valence-electron chi connectivity index (χ2n) is 4.93. The Kier molecular flexibility index (Phi) is 5.71. The molecule has 0 saturated heterocycles. The molecule has 2 amide bonds. The molecular formula is C17H19ClN2O3. The van der Waals surface area contributed by atoms with Crippen molar-refractivity contribution < 1.29 is 14.3 Å². The van der Waals surface area contributed by atoms with Crippen molar-refractivity contribution in [2.75, 3.05) is 19.5 Å². The summed E-state index contributed by atoms with van der Waals surface area (Å²) in [4.78, 5) is 12.1. The first kappa shape index (κ1) is 17.0. The quantitative estimate of drug-likeness (QED) is 0.859. The van der Waals surface area contributed by atoms with Crippen molar-refractivity contribution in [3.63, 3.8) is 0 Å². The number of amides is 2. The summed E-state index contributed by atoms with van der Waals surface area (Å²) < 4.78 is 10.6. The van der Waals surface area contributed by atoms with Gasteiger partial charge in [-0.3, -0.25) is 0 Å². The molecule has 0 fully saturated rings. The molecule has 0 aliphatic carbocycles. The topological polar surface area (TPSA) is 59.6 Å². The largest absolute Gasteiger partial charge is 0.497 e. The van der Waals surface area contributed by atoms with Crippen molar-refractivity contribution in [2.24, 2.45) is 0 Å². The lowest BCUT2D eigenvalue weighted by molar-refractivity contribution is 0.249. The fourth-order valence-electron chi connectivity index (χ4n) is 2.15. The number of nitrogens with one attached hydrogen (secondary N) is 2. The SMILES string of the molecule is COc1ccc(OC)c([C@@H](C)NC(=O)Nc2ccc(Cl)cc2)c1. The molecule has 0 heterocycles. The van der Waals surface area contributed by atoms with Gasteiger partial charge in [-0.05, 0) is 49.4 Å². The molecule has 0 unspecified atom stereocenters. The van der Waals surface area contributed by atoms with Gasteiger partial charge in [0.25, 0.3) is 0 Å². The molecule has 0 saturated carbocycles. The van der Waals surface area contributed by atoms with E-state index in [9.17, 15) is 4.79 Å². The van der Waals surface area contributed by atoms with E-state index in [-0.39, 0.29) is 12.1 Å². The van der Waals surface area contributed by atoms with E-state index < -0.39 is 0 Å². The number of ether oxygens (including phenoxy) is 2. The Hall–Kier alpha value is -2.40. The maximum atomic E-state index is 12.1. The molecule has 5 nitrogen and oxygen atoms in total. The van der Waals surface area contributed by atoms with Gasteiger partial charge in [0.05, 0.1) is 20.3 Å². The summed E-state index contributed by atoms with van der Waals surface area (Å²) in [5.74, 6) is 1.39. The lowest BCUT2D eigenvalue weighted by Crippen LogP contribution is -2.31. The number of rotatable bonds is 5. The van der Waals surface area contributed by atoms with Gasteiger partial charge >= 0.3 is 6.03 Å². The molecule has 0 spiro atoms. The molecule has 2 aromatic carbocycles. The van der Waals surface area contributed by atoms with Gasteiger partial charge in [0.1, 0.15) is 11.5 Å². The van der Waals surface area contributed by atoms with Crippen LogP contribution < -0.4 is 20.1 Å². The van der Waals surface area contributed by atoms with Crippen LogP contribution in [0.5, 0.6) is 11.5 Å². The van der Waals surface area contributed by atoms with E-state index in [1.54, 1.807) is 38.5 Å². The molecule has 0 bridgehead atoms. The predicted molar refractivity (Wildman–Crippen MR) is 91.6 cm³/mol. The highest BCUT2D eigenvalue weighted by Crippen LogP contribution is 2.29. The van der Waals surface area contributed by atoms with Crippen molar-refractivity contribution in [2.45, 2.75) is 13.0 Å². The lowest BCUT2D eigenvalue weighted by atomic mass is 10.1. The Bertz CT molecular complexity index is 674. The molecule has 6 heteroatoms. The Morgan fingerprint density at radius 3 is 2.39 bits per heavy atom. The van der Waals surface area contributed by atoms with Gasteiger partial charge in [0.15, 0.2) is 0 Å². The molecule has 2 N–H and O–H groups in total. The zero-order chi connectivity index (χ0) is 16.8. The van der Waals surface area contributed by atoms with E-state index in [0.29, 0.717) is 22.2 Å². The number of carbonyl (C=O) groups is 1. The Morgan fingerprint density at radius 2 is 1.78 bits per heavy atom. The average molecular weight is 335 g/mol. The zero-order valence-electron chi connectivity index (χ0n) is 13.2. The normalized spacial score (nSPS) is 11.5. The van der Waals surface area contributed by atoms with Gasteiger partial charge < -0.3 is 20.1 Å². The van der Waals surface area contributed by atoms with Crippen LogP contribution in [0.25, 0.3) is 0 Å². The van der Waals surface area contributed by atoms with Crippen LogP contribution in [0.1, 0.15) is 18.5 Å². The van der Waals surface area contributed by atoms with Crippen molar-refractivity contribution in [1.82, 2.24) is 5.32 Å². The van der Waals surface area contributed by atoms with Crippen molar-refractivity contribution >= 4 is 23.3 Å². The van der Waals surface area contributed by atoms with E-state index >= 15 is 0 Å². The third-order valence-corrected chi connectivity index (χ3v) is 3.61. The van der Waals surface area contributed by atoms with Crippen LogP contribution in [0.3, 0.4) is 0 Å². The van der Waals surface area contributed by atoms with E-state index in [1.807, 2.05) is 25.1 Å². The average Bonchev–Trinajstić information content (AvgIpc) is 2.56. The van der Waals surface area contributed by atoms with Crippen molar-refractivity contribution in [3.05, 3.63) is 53.1 Å². The molecule has 23 heavy (non-hydrogen) atoms. The van der Waals surface area contributed by atoms with Gasteiger partial charge in [-0.1, -0.05) is 11.6 Å². The smallest absolute Gasteiger partial charge is 0.319 e. The molecule has 0 aromatic heterocycles. The van der Waals surface area contributed by atoms with E-state index in [1.165, 1.54) is 0 Å². The number of urea groups is 1. The second kappa shape index (κ2) is 7.74. The zero-order valence-corrected chi connectivity index (χ0v) is 14.0. The van der Waals surface area contributed by atoms with Crippen molar-refractivity contribution in [1.29, 1.82) is 0 Å². The van der Waals surface area contributed by atoms with E-state index in [2.05, 4.69) is 10.6 Å². The van der Waals surface area contributed by atoms with Crippen LogP contribution in [0, 0.1) is 0 Å². The molecule has 0 radical (unpaired) electrons. The number of carbonyl (C=O) groups excluding carboxylic acids is 1. The third-order valence-electron chi connectivity index (χ3n) is 3.35. The second-order valence-corrected chi connectivity index (χ2v) is 5.37. The minimum absolute atomic E-state index is 0.257. The maximum Gasteiger partial charge on any atom is 0.319 e. The summed E-state index contributed by atoms with van der Waals surface area (Å²) >= 11 is 5.82. The molecular weight excluding hydrogens is 316 g/mol. The Labute approximate surface area is 140 Å². The predicted octanol–water partition coefficient (Wildman–Crippen LogP) is 4.24. The highest BCUT2D eigenvalue weighted by molar-refractivity contribution is 6.30. The highest BCUT2D eigenvalue weighted by atomic mass is 35.5. The summed E-state index contributed by atoms with van der Waals surface area (Å²) in [6.07, 6.45) is 0. The molecule has 1 atom stereocenters. The van der Waals surface area contributed by atoms with Crippen molar-refractivity contribution in [3.8, 4) is 11.5 Å². The van der Waals surface area contributed by atoms with Gasteiger partial charge in [-0.25, -0.2) is 4.79 Å². The monoisotopic (exact) mass is 334 g/mol. The van der Waals surface area contributed by atoms with Gasteiger partial charge in [-0.15, -0.1) is 0 Å². The number of hydrogen-bond acceptors (Lipinski definition) is 3. The van der Waals surface area contributed by atoms with Crippen LogP contribution in [0.2, 0.25) is 5.02 Å². The molecule has 0 aliphatic heterocycles. The first-order valence-electron chi connectivity index (χ1n) is 7.08. The first-order chi connectivity index (χ1) is 11.0. The minimum atomic E-state index is -0.315. The van der Waals surface area contributed by atoms with Gasteiger partial charge in [0.2, 0.25) is 0 Å². The standard InChI is InChI=1S/C17H19ClN2O3/c1-11(15-10-14(22-2)8-9-16(15)23-3)19-17(21)20-13-6-4-12(18)5-7-13/h4-11H,1-3H3,(H2,19,20,21)/t11-/m1/s1. The number of methoxy groups -OCH3 is 2. The fraction of sp³-hybridized carbons (Fsp3) is 0.235. The summed E-state index contributed by atoms with van der Waals surface area (Å²) in [6.45, 7) is 1.87. The van der Waals surface area contributed by atoms with Crippen LogP contribution in [0.15, 0.2) is 42.5 Å². The number of benzene rings is 2. The van der Waals surface area contributed by atoms with Crippen LogP contribution >= 0.6 is 11.6 Å². The first-order valence-corrected chi connectivity index (χ1v) is 7.46. The molecule has 0 aliphatic rings. The van der Waals surface area contributed by atoms with Crippen LogP contribution in [0.4, 0.5) is 10.5 Å².